The summed E-state index contributed by atoms with van der Waals surface area (Å²) in [7, 11) is 0. The van der Waals surface area contributed by atoms with Crippen LogP contribution in [0.15, 0.2) is 27.1 Å². The fourth-order valence-electron chi connectivity index (χ4n) is 1.37. The molecule has 0 aliphatic heterocycles. The Kier molecular flexibility index (Phi) is 3.75. The SMILES string of the molecule is Cc1ccc(Nc2nnc(CCN)o2)c(Br)c1. The van der Waals surface area contributed by atoms with Gasteiger partial charge in [0.25, 0.3) is 0 Å². The number of nitrogens with zero attached hydrogens (tertiary/aromatic N) is 2. The highest BCUT2D eigenvalue weighted by atomic mass is 79.9. The fraction of sp³-hybridized carbons (Fsp3) is 0.273. The minimum atomic E-state index is 0.373. The Morgan fingerprint density at radius 2 is 2.24 bits per heavy atom. The second kappa shape index (κ2) is 5.29. The molecule has 3 N–H and O–H groups in total. The lowest BCUT2D eigenvalue weighted by Crippen LogP contribution is -2.02. The number of aryl methyl sites for hydroxylation is 1. The molecule has 0 fully saturated rings. The van der Waals surface area contributed by atoms with Crippen molar-refractivity contribution < 1.29 is 4.42 Å². The molecule has 0 amide bonds. The van der Waals surface area contributed by atoms with E-state index in [0.717, 1.165) is 10.2 Å². The Hall–Kier alpha value is -1.40. The summed E-state index contributed by atoms with van der Waals surface area (Å²) in [6.07, 6.45) is 0.587. The number of hydrogen-bond acceptors (Lipinski definition) is 5. The average Bonchev–Trinajstić information content (AvgIpc) is 2.71. The maximum atomic E-state index is 5.41. The lowest BCUT2D eigenvalue weighted by atomic mass is 10.2. The normalized spacial score (nSPS) is 10.5. The van der Waals surface area contributed by atoms with Gasteiger partial charge in [0.2, 0.25) is 5.89 Å². The van der Waals surface area contributed by atoms with Crippen LogP contribution in [-0.4, -0.2) is 16.7 Å². The summed E-state index contributed by atoms with van der Waals surface area (Å²) in [5.41, 5.74) is 7.47. The van der Waals surface area contributed by atoms with E-state index in [1.54, 1.807) is 0 Å². The number of halogens is 1. The van der Waals surface area contributed by atoms with Gasteiger partial charge in [0.15, 0.2) is 0 Å². The molecule has 0 atom stereocenters. The standard InChI is InChI=1S/C11H13BrN4O/c1-7-2-3-9(8(12)6-7)14-11-16-15-10(17-11)4-5-13/h2-3,6H,4-5,13H2,1H3,(H,14,16). The molecule has 0 aliphatic carbocycles. The molecule has 6 heteroatoms. The molecule has 17 heavy (non-hydrogen) atoms. The van der Waals surface area contributed by atoms with Gasteiger partial charge in [0, 0.05) is 17.4 Å². The molecule has 0 radical (unpaired) electrons. The van der Waals surface area contributed by atoms with Gasteiger partial charge in [-0.1, -0.05) is 11.2 Å². The highest BCUT2D eigenvalue weighted by Gasteiger charge is 2.07. The number of rotatable bonds is 4. The Bertz CT molecular complexity index is 512. The molecule has 2 aromatic rings. The third-order valence-corrected chi connectivity index (χ3v) is 2.85. The van der Waals surface area contributed by atoms with Crippen molar-refractivity contribution in [3.8, 4) is 0 Å². The second-order valence-electron chi connectivity index (χ2n) is 3.65. The zero-order valence-corrected chi connectivity index (χ0v) is 11.0. The van der Waals surface area contributed by atoms with Crippen molar-refractivity contribution in [2.45, 2.75) is 13.3 Å². The van der Waals surface area contributed by atoms with Gasteiger partial charge < -0.3 is 15.5 Å². The fourth-order valence-corrected chi connectivity index (χ4v) is 1.96. The first-order valence-electron chi connectivity index (χ1n) is 5.24. The molecule has 90 valence electrons. The summed E-state index contributed by atoms with van der Waals surface area (Å²) < 4.78 is 6.33. The molecule has 0 saturated carbocycles. The van der Waals surface area contributed by atoms with Gasteiger partial charge in [-0.3, -0.25) is 0 Å². The van der Waals surface area contributed by atoms with Gasteiger partial charge in [-0.25, -0.2) is 0 Å². The molecule has 0 saturated heterocycles. The van der Waals surface area contributed by atoms with E-state index in [-0.39, 0.29) is 0 Å². The van der Waals surface area contributed by atoms with Crippen molar-refractivity contribution in [3.63, 3.8) is 0 Å². The predicted octanol–water partition coefficient (Wildman–Crippen LogP) is 2.39. The lowest BCUT2D eigenvalue weighted by molar-refractivity contribution is 0.510. The molecule has 0 bridgehead atoms. The van der Waals surface area contributed by atoms with Crippen molar-refractivity contribution in [3.05, 3.63) is 34.1 Å². The van der Waals surface area contributed by atoms with Gasteiger partial charge >= 0.3 is 6.01 Å². The summed E-state index contributed by atoms with van der Waals surface area (Å²) in [4.78, 5) is 0. The molecular formula is C11H13BrN4O. The average molecular weight is 297 g/mol. The Morgan fingerprint density at radius 1 is 1.41 bits per heavy atom. The molecule has 0 unspecified atom stereocenters. The van der Waals surface area contributed by atoms with Gasteiger partial charge in [-0.05, 0) is 40.5 Å². The van der Waals surface area contributed by atoms with Crippen LogP contribution in [0.4, 0.5) is 11.7 Å². The first kappa shape index (κ1) is 12.1. The summed E-state index contributed by atoms with van der Waals surface area (Å²) in [5.74, 6) is 0.540. The van der Waals surface area contributed by atoms with Crippen LogP contribution in [-0.2, 0) is 6.42 Å². The zero-order valence-electron chi connectivity index (χ0n) is 9.40. The van der Waals surface area contributed by atoms with Gasteiger partial charge in [-0.15, -0.1) is 5.10 Å². The predicted molar refractivity (Wildman–Crippen MR) is 69.2 cm³/mol. The van der Waals surface area contributed by atoms with Crippen LogP contribution in [0.5, 0.6) is 0 Å². The second-order valence-corrected chi connectivity index (χ2v) is 4.50. The first-order chi connectivity index (χ1) is 8.19. The van der Waals surface area contributed by atoms with Gasteiger partial charge in [-0.2, -0.15) is 0 Å². The van der Waals surface area contributed by atoms with Crippen LogP contribution in [0.1, 0.15) is 11.5 Å². The molecule has 1 aromatic carbocycles. The number of aromatic nitrogens is 2. The van der Waals surface area contributed by atoms with Gasteiger partial charge in [0.05, 0.1) is 5.69 Å². The van der Waals surface area contributed by atoms with Crippen LogP contribution < -0.4 is 11.1 Å². The molecule has 1 aromatic heterocycles. The molecule has 0 aliphatic rings. The first-order valence-corrected chi connectivity index (χ1v) is 6.04. The highest BCUT2D eigenvalue weighted by Crippen LogP contribution is 2.26. The van der Waals surface area contributed by atoms with E-state index < -0.39 is 0 Å². The number of hydrogen-bond donors (Lipinski definition) is 2. The van der Waals surface area contributed by atoms with Crippen molar-refractivity contribution in [2.75, 3.05) is 11.9 Å². The molecule has 1 heterocycles. The third kappa shape index (κ3) is 3.04. The molecule has 2 rings (SSSR count). The Labute approximate surface area is 108 Å². The van der Waals surface area contributed by atoms with E-state index in [2.05, 4.69) is 31.4 Å². The summed E-state index contributed by atoms with van der Waals surface area (Å²) in [6, 6.07) is 6.34. The number of benzene rings is 1. The minimum absolute atomic E-state index is 0.373. The van der Waals surface area contributed by atoms with E-state index in [1.165, 1.54) is 5.56 Å². The van der Waals surface area contributed by atoms with Crippen molar-refractivity contribution in [2.24, 2.45) is 5.73 Å². The largest absolute Gasteiger partial charge is 0.408 e. The minimum Gasteiger partial charge on any atom is -0.408 e. The summed E-state index contributed by atoms with van der Waals surface area (Å²) in [5, 5.41) is 10.8. The molecule has 0 spiro atoms. The highest BCUT2D eigenvalue weighted by molar-refractivity contribution is 9.10. The van der Waals surface area contributed by atoms with Crippen molar-refractivity contribution in [1.82, 2.24) is 10.2 Å². The van der Waals surface area contributed by atoms with Crippen LogP contribution >= 0.6 is 15.9 Å². The van der Waals surface area contributed by atoms with Crippen LogP contribution in [0, 0.1) is 6.92 Å². The number of anilines is 2. The van der Waals surface area contributed by atoms with Gasteiger partial charge in [0.1, 0.15) is 0 Å². The van der Waals surface area contributed by atoms with E-state index >= 15 is 0 Å². The van der Waals surface area contributed by atoms with E-state index in [0.29, 0.717) is 24.9 Å². The topological polar surface area (TPSA) is 77.0 Å². The summed E-state index contributed by atoms with van der Waals surface area (Å²) >= 11 is 3.47. The third-order valence-electron chi connectivity index (χ3n) is 2.19. The number of nitrogens with two attached hydrogens (primary N) is 1. The monoisotopic (exact) mass is 296 g/mol. The van der Waals surface area contributed by atoms with Crippen LogP contribution in [0.25, 0.3) is 0 Å². The quantitative estimate of drug-likeness (QED) is 0.906. The molecule has 5 nitrogen and oxygen atoms in total. The maximum Gasteiger partial charge on any atom is 0.320 e. The molecular weight excluding hydrogens is 284 g/mol. The van der Waals surface area contributed by atoms with E-state index in [9.17, 15) is 0 Å². The van der Waals surface area contributed by atoms with Crippen molar-refractivity contribution in [1.29, 1.82) is 0 Å². The zero-order chi connectivity index (χ0) is 12.3. The smallest absolute Gasteiger partial charge is 0.320 e. The lowest BCUT2D eigenvalue weighted by Gasteiger charge is -2.04. The Morgan fingerprint density at radius 3 is 2.94 bits per heavy atom. The summed E-state index contributed by atoms with van der Waals surface area (Å²) in [6.45, 7) is 2.52. The van der Waals surface area contributed by atoms with Crippen molar-refractivity contribution >= 4 is 27.6 Å². The Balaban J connectivity index is 2.13. The van der Waals surface area contributed by atoms with Crippen LogP contribution in [0.3, 0.4) is 0 Å². The van der Waals surface area contributed by atoms with E-state index in [1.807, 2.05) is 25.1 Å². The maximum absolute atomic E-state index is 5.41. The van der Waals surface area contributed by atoms with E-state index in [4.69, 9.17) is 10.2 Å². The number of nitrogens with one attached hydrogen (secondary N) is 1. The van der Waals surface area contributed by atoms with Crippen LogP contribution in [0.2, 0.25) is 0 Å².